The zero-order chi connectivity index (χ0) is 19.5. The molecule has 3 heterocycles. The third-order valence-corrected chi connectivity index (χ3v) is 5.04. The minimum atomic E-state index is 0.280. The number of hydrogen-bond donors (Lipinski definition) is 1. The molecule has 2 aliphatic heterocycles. The van der Waals surface area contributed by atoms with Gasteiger partial charge in [0.05, 0.1) is 32.9 Å². The molecule has 2 aliphatic rings. The molecule has 5 nitrogen and oxygen atoms in total. The van der Waals surface area contributed by atoms with Crippen LogP contribution >= 0.6 is 11.6 Å². The van der Waals surface area contributed by atoms with Gasteiger partial charge < -0.3 is 15.1 Å². The number of morpholine rings is 1. The quantitative estimate of drug-likeness (QED) is 0.868. The summed E-state index contributed by atoms with van der Waals surface area (Å²) in [4.78, 5) is 6.97. The Morgan fingerprint density at radius 3 is 3.00 bits per heavy atom. The summed E-state index contributed by atoms with van der Waals surface area (Å²) >= 11 is 6.04. The maximum absolute atomic E-state index is 8.03. The highest BCUT2D eigenvalue weighted by Crippen LogP contribution is 2.27. The number of nitrogens with zero attached hydrogens (tertiary/aromatic N) is 3. The standard InChI is InChI=1S/C21H23ClN4O/c1-16-15-27-13-12-25(16)21-18(4-2-10-23-21)14-26-20(5-3-11-24-26)17-6-8-19(22)9-7-17/h2-11,16,24H,12-15H2,1H3/i3D. The lowest BCUT2D eigenvalue weighted by atomic mass is 10.1. The van der Waals surface area contributed by atoms with Crippen LogP contribution in [0, 0.1) is 0 Å². The first-order valence-electron chi connectivity index (χ1n) is 9.58. The number of allylic oxidation sites excluding steroid dienone is 2. The van der Waals surface area contributed by atoms with Gasteiger partial charge in [0.15, 0.2) is 0 Å². The highest BCUT2D eigenvalue weighted by molar-refractivity contribution is 6.30. The average molecular weight is 384 g/mol. The summed E-state index contributed by atoms with van der Waals surface area (Å²) in [6.45, 7) is 5.02. The highest BCUT2D eigenvalue weighted by atomic mass is 35.5. The van der Waals surface area contributed by atoms with Gasteiger partial charge >= 0.3 is 0 Å². The fourth-order valence-electron chi connectivity index (χ4n) is 3.40. The second-order valence-corrected chi connectivity index (χ2v) is 7.10. The number of rotatable bonds is 4. The minimum Gasteiger partial charge on any atom is -0.377 e. The molecule has 0 aliphatic carbocycles. The van der Waals surface area contributed by atoms with Crippen molar-refractivity contribution >= 4 is 23.1 Å². The predicted octanol–water partition coefficient (Wildman–Crippen LogP) is 3.84. The summed E-state index contributed by atoms with van der Waals surface area (Å²) in [5.74, 6) is 0.983. The van der Waals surface area contributed by atoms with E-state index in [9.17, 15) is 0 Å². The number of pyridine rings is 1. The van der Waals surface area contributed by atoms with Crippen LogP contribution in [-0.2, 0) is 11.3 Å². The van der Waals surface area contributed by atoms with Gasteiger partial charge in [0.1, 0.15) is 5.82 Å². The fraction of sp³-hybridized carbons (Fsp3) is 0.286. The van der Waals surface area contributed by atoms with E-state index in [4.69, 9.17) is 17.7 Å². The zero-order valence-corrected chi connectivity index (χ0v) is 16.0. The molecule has 1 fully saturated rings. The number of ether oxygens (including phenoxy) is 1. The molecule has 1 aromatic carbocycles. The number of aromatic nitrogens is 1. The molecular weight excluding hydrogens is 360 g/mol. The summed E-state index contributed by atoms with van der Waals surface area (Å²) in [5.41, 5.74) is 6.27. The molecule has 0 radical (unpaired) electrons. The third-order valence-electron chi connectivity index (χ3n) is 4.79. The maximum Gasteiger partial charge on any atom is 0.133 e. The van der Waals surface area contributed by atoms with Crippen molar-refractivity contribution in [3.05, 3.63) is 77.1 Å². The average Bonchev–Trinajstić information content (AvgIpc) is 2.71. The van der Waals surface area contributed by atoms with Crippen LogP contribution in [0.5, 0.6) is 0 Å². The molecule has 1 unspecified atom stereocenters. The number of halogens is 1. The van der Waals surface area contributed by atoms with Crippen LogP contribution in [0.4, 0.5) is 5.82 Å². The Kier molecular flexibility index (Phi) is 4.95. The van der Waals surface area contributed by atoms with Crippen molar-refractivity contribution in [3.63, 3.8) is 0 Å². The summed E-state index contributed by atoms with van der Waals surface area (Å²) in [6.07, 6.45) is 5.38. The summed E-state index contributed by atoms with van der Waals surface area (Å²) < 4.78 is 13.6. The van der Waals surface area contributed by atoms with Crippen molar-refractivity contribution in [2.75, 3.05) is 24.7 Å². The lowest BCUT2D eigenvalue weighted by Crippen LogP contribution is -2.45. The molecule has 1 atom stereocenters. The predicted molar refractivity (Wildman–Crippen MR) is 109 cm³/mol. The van der Waals surface area contributed by atoms with Gasteiger partial charge in [0.25, 0.3) is 0 Å². The minimum absolute atomic E-state index is 0.280. The number of hydrogen-bond acceptors (Lipinski definition) is 5. The van der Waals surface area contributed by atoms with Gasteiger partial charge in [0, 0.05) is 29.5 Å². The second kappa shape index (κ2) is 8.03. The Labute approximate surface area is 166 Å². The van der Waals surface area contributed by atoms with Crippen LogP contribution in [0.1, 0.15) is 19.4 Å². The van der Waals surface area contributed by atoms with Crippen LogP contribution in [-0.4, -0.2) is 35.8 Å². The van der Waals surface area contributed by atoms with E-state index in [1.54, 1.807) is 6.20 Å². The molecule has 2 aromatic rings. The Balaban J connectivity index is 1.63. The van der Waals surface area contributed by atoms with Crippen molar-refractivity contribution in [3.8, 4) is 0 Å². The topological polar surface area (TPSA) is 40.6 Å². The van der Waals surface area contributed by atoms with E-state index in [1.165, 1.54) is 0 Å². The van der Waals surface area contributed by atoms with E-state index in [2.05, 4.69) is 28.3 Å². The second-order valence-electron chi connectivity index (χ2n) is 6.67. The van der Waals surface area contributed by atoms with Gasteiger partial charge in [0.2, 0.25) is 0 Å². The van der Waals surface area contributed by atoms with Gasteiger partial charge in [-0.05, 0) is 42.8 Å². The lowest BCUT2D eigenvalue weighted by molar-refractivity contribution is 0.0983. The third kappa shape index (κ3) is 3.94. The van der Waals surface area contributed by atoms with Crippen LogP contribution in [0.25, 0.3) is 5.70 Å². The van der Waals surface area contributed by atoms with Crippen molar-refractivity contribution in [1.29, 1.82) is 0 Å². The Hall–Kier alpha value is -2.50. The fourth-order valence-corrected chi connectivity index (χ4v) is 3.52. The summed E-state index contributed by atoms with van der Waals surface area (Å²) in [7, 11) is 0. The zero-order valence-electron chi connectivity index (χ0n) is 16.2. The van der Waals surface area contributed by atoms with Crippen molar-refractivity contribution in [1.82, 2.24) is 15.4 Å². The monoisotopic (exact) mass is 383 g/mol. The Morgan fingerprint density at radius 1 is 1.33 bits per heavy atom. The molecule has 4 rings (SSSR count). The normalized spacial score (nSPS) is 20.5. The van der Waals surface area contributed by atoms with Crippen molar-refractivity contribution in [2.24, 2.45) is 0 Å². The smallest absolute Gasteiger partial charge is 0.133 e. The van der Waals surface area contributed by atoms with Crippen LogP contribution in [0.3, 0.4) is 0 Å². The van der Waals surface area contributed by atoms with E-state index in [-0.39, 0.29) is 6.04 Å². The SMILES string of the molecule is [2H]C1=CNN(Cc2cccnc2N2CCOCC2C)C(c2ccc(Cl)cc2)=C1. The van der Waals surface area contributed by atoms with Gasteiger partial charge in [-0.3, -0.25) is 5.01 Å². The van der Waals surface area contributed by atoms with Crippen molar-refractivity contribution in [2.45, 2.75) is 19.5 Å². The number of hydrazine groups is 1. The largest absolute Gasteiger partial charge is 0.377 e. The Morgan fingerprint density at radius 2 is 2.19 bits per heavy atom. The van der Waals surface area contributed by atoms with Gasteiger partial charge in [-0.1, -0.05) is 29.8 Å². The molecule has 1 N–H and O–H groups in total. The first-order valence-corrected chi connectivity index (χ1v) is 9.46. The molecule has 27 heavy (non-hydrogen) atoms. The van der Waals surface area contributed by atoms with Gasteiger partial charge in [-0.15, -0.1) is 0 Å². The molecule has 0 amide bonds. The highest BCUT2D eigenvalue weighted by Gasteiger charge is 2.24. The molecule has 0 bridgehead atoms. The molecule has 140 valence electrons. The van der Waals surface area contributed by atoms with E-state index in [0.29, 0.717) is 30.8 Å². The molecule has 1 aromatic heterocycles. The van der Waals surface area contributed by atoms with E-state index >= 15 is 0 Å². The Bertz CT molecular complexity index is 900. The number of benzene rings is 1. The molecule has 6 heteroatoms. The van der Waals surface area contributed by atoms with E-state index in [0.717, 1.165) is 29.2 Å². The number of anilines is 1. The van der Waals surface area contributed by atoms with Gasteiger partial charge in [-0.25, -0.2) is 4.98 Å². The van der Waals surface area contributed by atoms with Crippen LogP contribution in [0.2, 0.25) is 5.02 Å². The summed E-state index contributed by atoms with van der Waals surface area (Å²) in [6, 6.07) is 12.4. The molecule has 0 spiro atoms. The summed E-state index contributed by atoms with van der Waals surface area (Å²) in [5, 5.41) is 2.73. The van der Waals surface area contributed by atoms with Gasteiger partial charge in [-0.2, -0.15) is 0 Å². The molecular formula is C21H23ClN4O. The first kappa shape index (κ1) is 16.7. The van der Waals surface area contributed by atoms with Crippen molar-refractivity contribution < 1.29 is 6.11 Å². The molecule has 1 saturated heterocycles. The van der Waals surface area contributed by atoms with Crippen LogP contribution in [0.15, 0.2) is 60.9 Å². The first-order chi connectivity index (χ1) is 13.6. The molecule has 0 saturated carbocycles. The lowest BCUT2D eigenvalue weighted by Gasteiger charge is -2.36. The number of nitrogens with one attached hydrogen (secondary N) is 1. The van der Waals surface area contributed by atoms with E-state index in [1.807, 2.05) is 47.6 Å². The van der Waals surface area contributed by atoms with E-state index < -0.39 is 0 Å². The van der Waals surface area contributed by atoms with Crippen LogP contribution < -0.4 is 10.3 Å². The maximum atomic E-state index is 8.03.